The molecule has 1 saturated carbocycles. The summed E-state index contributed by atoms with van der Waals surface area (Å²) in [6.07, 6.45) is 4.04. The molecule has 1 aliphatic carbocycles. The van der Waals surface area contributed by atoms with Crippen molar-refractivity contribution in [1.82, 2.24) is 4.72 Å². The number of ether oxygens (including phenoxy) is 1. The van der Waals surface area contributed by atoms with E-state index in [9.17, 15) is 8.42 Å². The summed E-state index contributed by atoms with van der Waals surface area (Å²) in [6.45, 7) is 0. The van der Waals surface area contributed by atoms with Crippen LogP contribution in [0.1, 0.15) is 25.7 Å². The van der Waals surface area contributed by atoms with Crippen LogP contribution in [0.5, 0.6) is 5.75 Å². The standard InChI is InChI=1S/C12H17NO3S/c1-16-11-8-4-5-9-12(11)17(14,15)13-10-6-2-3-7-10/h4-5,8-10,13H,2-3,6-7H2,1H3. The molecular formula is C12H17NO3S. The zero-order valence-corrected chi connectivity index (χ0v) is 10.7. The molecule has 0 spiro atoms. The van der Waals surface area contributed by atoms with Crippen LogP contribution in [0.2, 0.25) is 0 Å². The molecule has 2 rings (SSSR count). The normalized spacial score (nSPS) is 17.2. The van der Waals surface area contributed by atoms with Gasteiger partial charge in [-0.25, -0.2) is 13.1 Å². The van der Waals surface area contributed by atoms with E-state index in [4.69, 9.17) is 4.74 Å². The minimum absolute atomic E-state index is 0.0740. The molecule has 1 aliphatic rings. The number of hydrogen-bond donors (Lipinski definition) is 1. The maximum atomic E-state index is 12.2. The van der Waals surface area contributed by atoms with Gasteiger partial charge in [-0.15, -0.1) is 0 Å². The molecular weight excluding hydrogens is 238 g/mol. The van der Waals surface area contributed by atoms with E-state index in [0.717, 1.165) is 25.7 Å². The Kier molecular flexibility index (Phi) is 3.69. The lowest BCUT2D eigenvalue weighted by molar-refractivity contribution is 0.402. The Labute approximate surface area is 102 Å². The monoisotopic (exact) mass is 255 g/mol. The second-order valence-corrected chi connectivity index (χ2v) is 5.94. The van der Waals surface area contributed by atoms with E-state index in [2.05, 4.69) is 4.72 Å². The minimum atomic E-state index is -3.46. The van der Waals surface area contributed by atoms with Crippen LogP contribution in [0.3, 0.4) is 0 Å². The van der Waals surface area contributed by atoms with Gasteiger partial charge >= 0.3 is 0 Å². The molecule has 0 unspecified atom stereocenters. The van der Waals surface area contributed by atoms with Crippen LogP contribution in [0.4, 0.5) is 0 Å². The van der Waals surface area contributed by atoms with Crippen LogP contribution < -0.4 is 9.46 Å². The summed E-state index contributed by atoms with van der Waals surface area (Å²) < 4.78 is 32.2. The number of benzene rings is 1. The minimum Gasteiger partial charge on any atom is -0.495 e. The molecule has 94 valence electrons. The number of hydrogen-bond acceptors (Lipinski definition) is 3. The highest BCUT2D eigenvalue weighted by molar-refractivity contribution is 7.89. The molecule has 0 amide bonds. The number of methoxy groups -OCH3 is 1. The van der Waals surface area contributed by atoms with Gasteiger partial charge in [0.25, 0.3) is 0 Å². The van der Waals surface area contributed by atoms with Gasteiger partial charge in [0, 0.05) is 6.04 Å². The Morgan fingerprint density at radius 3 is 2.53 bits per heavy atom. The van der Waals surface area contributed by atoms with Crippen molar-refractivity contribution in [2.45, 2.75) is 36.6 Å². The van der Waals surface area contributed by atoms with Crippen molar-refractivity contribution in [1.29, 1.82) is 0 Å². The lowest BCUT2D eigenvalue weighted by Crippen LogP contribution is -2.32. The molecule has 0 atom stereocenters. The van der Waals surface area contributed by atoms with Crippen molar-refractivity contribution in [3.05, 3.63) is 24.3 Å². The molecule has 0 bridgehead atoms. The summed E-state index contributed by atoms with van der Waals surface area (Å²) in [6, 6.07) is 6.75. The highest BCUT2D eigenvalue weighted by Crippen LogP contribution is 2.25. The topological polar surface area (TPSA) is 55.4 Å². The number of nitrogens with one attached hydrogen (secondary N) is 1. The van der Waals surface area contributed by atoms with E-state index in [1.807, 2.05) is 0 Å². The van der Waals surface area contributed by atoms with Gasteiger partial charge < -0.3 is 4.74 Å². The molecule has 0 heterocycles. The summed E-state index contributed by atoms with van der Waals surface area (Å²) in [5.41, 5.74) is 0. The molecule has 1 aromatic rings. The molecule has 17 heavy (non-hydrogen) atoms. The van der Waals surface area contributed by atoms with Crippen molar-refractivity contribution in [3.8, 4) is 5.75 Å². The summed E-state index contributed by atoms with van der Waals surface area (Å²) in [4.78, 5) is 0.217. The highest BCUT2D eigenvalue weighted by Gasteiger charge is 2.24. The Morgan fingerprint density at radius 2 is 1.88 bits per heavy atom. The molecule has 0 radical (unpaired) electrons. The fourth-order valence-corrected chi connectivity index (χ4v) is 3.64. The highest BCUT2D eigenvalue weighted by atomic mass is 32.2. The lowest BCUT2D eigenvalue weighted by Gasteiger charge is -2.14. The van der Waals surface area contributed by atoms with Gasteiger partial charge in [0.2, 0.25) is 10.0 Å². The Bertz CT molecular complexity index is 478. The van der Waals surface area contributed by atoms with Gasteiger partial charge in [0.15, 0.2) is 0 Å². The van der Waals surface area contributed by atoms with Crippen molar-refractivity contribution in [3.63, 3.8) is 0 Å². The van der Waals surface area contributed by atoms with Crippen LogP contribution in [0.15, 0.2) is 29.2 Å². The van der Waals surface area contributed by atoms with E-state index in [1.54, 1.807) is 24.3 Å². The van der Waals surface area contributed by atoms with Gasteiger partial charge in [0.05, 0.1) is 7.11 Å². The first-order chi connectivity index (χ1) is 8.13. The Morgan fingerprint density at radius 1 is 1.24 bits per heavy atom. The zero-order chi connectivity index (χ0) is 12.3. The van der Waals surface area contributed by atoms with E-state index in [-0.39, 0.29) is 10.9 Å². The summed E-state index contributed by atoms with van der Waals surface area (Å²) in [7, 11) is -1.99. The number of rotatable bonds is 4. The summed E-state index contributed by atoms with van der Waals surface area (Å²) in [5.74, 6) is 0.387. The fourth-order valence-electron chi connectivity index (χ4n) is 2.17. The number of para-hydroxylation sites is 1. The van der Waals surface area contributed by atoms with Crippen LogP contribution >= 0.6 is 0 Å². The van der Waals surface area contributed by atoms with Gasteiger partial charge in [-0.3, -0.25) is 0 Å². The van der Waals surface area contributed by atoms with Crippen molar-refractivity contribution in [2.75, 3.05) is 7.11 Å². The van der Waals surface area contributed by atoms with Crippen molar-refractivity contribution in [2.24, 2.45) is 0 Å². The van der Waals surface area contributed by atoms with Crippen molar-refractivity contribution >= 4 is 10.0 Å². The SMILES string of the molecule is COc1ccccc1S(=O)(=O)NC1CCCC1. The van der Waals surface area contributed by atoms with Crippen LogP contribution in [0, 0.1) is 0 Å². The lowest BCUT2D eigenvalue weighted by atomic mass is 10.3. The third kappa shape index (κ3) is 2.79. The quantitative estimate of drug-likeness (QED) is 0.894. The predicted octanol–water partition coefficient (Wildman–Crippen LogP) is 1.92. The van der Waals surface area contributed by atoms with E-state index in [0.29, 0.717) is 5.75 Å². The van der Waals surface area contributed by atoms with Gasteiger partial charge in [-0.05, 0) is 25.0 Å². The molecule has 0 aromatic heterocycles. The molecule has 4 nitrogen and oxygen atoms in total. The summed E-state index contributed by atoms with van der Waals surface area (Å²) >= 11 is 0. The van der Waals surface area contributed by atoms with E-state index >= 15 is 0 Å². The predicted molar refractivity (Wildman–Crippen MR) is 65.6 cm³/mol. The van der Waals surface area contributed by atoms with Gasteiger partial charge in [-0.1, -0.05) is 25.0 Å². The average molecular weight is 255 g/mol. The number of sulfonamides is 1. The second kappa shape index (κ2) is 5.06. The maximum absolute atomic E-state index is 12.2. The summed E-state index contributed by atoms with van der Waals surface area (Å²) in [5, 5.41) is 0. The van der Waals surface area contributed by atoms with Crippen molar-refractivity contribution < 1.29 is 13.2 Å². The third-order valence-electron chi connectivity index (χ3n) is 3.04. The second-order valence-electron chi connectivity index (χ2n) is 4.25. The molecule has 0 aliphatic heterocycles. The third-order valence-corrected chi connectivity index (χ3v) is 4.60. The Hall–Kier alpha value is -1.07. The largest absolute Gasteiger partial charge is 0.495 e. The van der Waals surface area contributed by atoms with E-state index < -0.39 is 10.0 Å². The maximum Gasteiger partial charge on any atom is 0.244 e. The average Bonchev–Trinajstić information content (AvgIpc) is 2.81. The Balaban J connectivity index is 2.24. The first kappa shape index (κ1) is 12.4. The van der Waals surface area contributed by atoms with E-state index in [1.165, 1.54) is 7.11 Å². The van der Waals surface area contributed by atoms with Crippen LogP contribution in [0.25, 0.3) is 0 Å². The molecule has 0 saturated heterocycles. The van der Waals surface area contributed by atoms with Gasteiger partial charge in [-0.2, -0.15) is 0 Å². The van der Waals surface area contributed by atoms with Crippen LogP contribution in [-0.4, -0.2) is 21.6 Å². The molecule has 1 N–H and O–H groups in total. The zero-order valence-electron chi connectivity index (χ0n) is 9.85. The van der Waals surface area contributed by atoms with Gasteiger partial charge in [0.1, 0.15) is 10.6 Å². The van der Waals surface area contributed by atoms with Crippen LogP contribution in [-0.2, 0) is 10.0 Å². The molecule has 1 fully saturated rings. The molecule has 1 aromatic carbocycles. The first-order valence-corrected chi connectivity index (χ1v) is 7.27. The fraction of sp³-hybridized carbons (Fsp3) is 0.500. The first-order valence-electron chi connectivity index (χ1n) is 5.79. The smallest absolute Gasteiger partial charge is 0.244 e. The molecule has 5 heteroatoms.